The van der Waals surface area contributed by atoms with Crippen LogP contribution in [0.15, 0.2) is 18.2 Å². The molecular weight excluding hydrogens is 220 g/mol. The van der Waals surface area contributed by atoms with E-state index in [0.29, 0.717) is 16.5 Å². The molecule has 0 spiro atoms. The highest BCUT2D eigenvalue weighted by Crippen LogP contribution is 2.32. The molecule has 2 rings (SSSR count). The first-order chi connectivity index (χ1) is 7.80. The van der Waals surface area contributed by atoms with Gasteiger partial charge in [0.05, 0.1) is 5.52 Å². The summed E-state index contributed by atoms with van der Waals surface area (Å²) in [6.07, 6.45) is 0. The molecule has 2 aromatic rings. The summed E-state index contributed by atoms with van der Waals surface area (Å²) in [5.41, 5.74) is 1.25. The van der Waals surface area contributed by atoms with Crippen molar-refractivity contribution in [3.8, 4) is 0 Å². The number of benzene rings is 1. The minimum atomic E-state index is -0.557. The molecule has 0 aliphatic heterocycles. The number of rotatable bonds is 0. The summed E-state index contributed by atoms with van der Waals surface area (Å²) in [6.45, 7) is 7.50. The molecule has 0 amide bonds. The molecule has 1 aromatic heterocycles. The molecule has 0 N–H and O–H groups in total. The summed E-state index contributed by atoms with van der Waals surface area (Å²) < 4.78 is 27.6. The molecule has 1 heterocycles. The first kappa shape index (κ1) is 12.0. The number of nitrogens with zero attached hydrogens (tertiary/aromatic N) is 1. The molecular formula is C14H15F2N. The Morgan fingerprint density at radius 3 is 2.29 bits per heavy atom. The zero-order valence-electron chi connectivity index (χ0n) is 10.4. The maximum absolute atomic E-state index is 13.9. The van der Waals surface area contributed by atoms with Crippen LogP contribution in [0.3, 0.4) is 0 Å². The summed E-state index contributed by atoms with van der Waals surface area (Å²) >= 11 is 0. The van der Waals surface area contributed by atoms with Crippen molar-refractivity contribution in [1.29, 1.82) is 0 Å². The highest BCUT2D eigenvalue weighted by molar-refractivity contribution is 5.83. The lowest BCUT2D eigenvalue weighted by atomic mass is 9.85. The van der Waals surface area contributed by atoms with Gasteiger partial charge in [-0.1, -0.05) is 20.8 Å². The Hall–Kier alpha value is -1.51. The van der Waals surface area contributed by atoms with Gasteiger partial charge in [0.15, 0.2) is 0 Å². The fraction of sp³-hybridized carbons (Fsp3) is 0.357. The van der Waals surface area contributed by atoms with Crippen LogP contribution in [0.25, 0.3) is 10.9 Å². The van der Waals surface area contributed by atoms with Crippen LogP contribution in [-0.2, 0) is 5.41 Å². The second-order valence-corrected chi connectivity index (χ2v) is 5.31. The Kier molecular flexibility index (Phi) is 2.64. The molecule has 0 atom stereocenters. The van der Waals surface area contributed by atoms with E-state index in [4.69, 9.17) is 0 Å². The van der Waals surface area contributed by atoms with E-state index in [2.05, 4.69) is 4.98 Å². The van der Waals surface area contributed by atoms with Gasteiger partial charge in [-0.2, -0.15) is 0 Å². The standard InChI is InChI=1S/C14H15F2N/c1-8-5-6-9-10(15)7-11(16)12(13(9)17-8)14(2,3)4/h5-7H,1-4H3. The number of hydrogen-bond acceptors (Lipinski definition) is 1. The van der Waals surface area contributed by atoms with Gasteiger partial charge in [0.1, 0.15) is 11.6 Å². The molecule has 90 valence electrons. The van der Waals surface area contributed by atoms with E-state index >= 15 is 0 Å². The summed E-state index contributed by atoms with van der Waals surface area (Å²) in [4.78, 5) is 4.28. The van der Waals surface area contributed by atoms with E-state index < -0.39 is 17.0 Å². The van der Waals surface area contributed by atoms with Gasteiger partial charge in [0, 0.05) is 22.7 Å². The molecule has 0 radical (unpaired) electrons. The van der Waals surface area contributed by atoms with Gasteiger partial charge < -0.3 is 0 Å². The van der Waals surface area contributed by atoms with Crippen molar-refractivity contribution in [2.24, 2.45) is 0 Å². The van der Waals surface area contributed by atoms with Gasteiger partial charge in [0.2, 0.25) is 0 Å². The smallest absolute Gasteiger partial charge is 0.135 e. The summed E-state index contributed by atoms with van der Waals surface area (Å²) in [5, 5.41) is 0.377. The van der Waals surface area contributed by atoms with Crippen molar-refractivity contribution in [2.75, 3.05) is 0 Å². The van der Waals surface area contributed by atoms with Crippen molar-refractivity contribution in [3.05, 3.63) is 41.1 Å². The second kappa shape index (κ2) is 3.76. The van der Waals surface area contributed by atoms with Crippen LogP contribution in [0.5, 0.6) is 0 Å². The maximum Gasteiger partial charge on any atom is 0.135 e. The molecule has 1 nitrogen and oxygen atoms in total. The quantitative estimate of drug-likeness (QED) is 0.669. The Labute approximate surface area is 99.5 Å². The number of hydrogen-bond donors (Lipinski definition) is 0. The van der Waals surface area contributed by atoms with Crippen LogP contribution in [-0.4, -0.2) is 4.98 Å². The monoisotopic (exact) mass is 235 g/mol. The first-order valence-corrected chi connectivity index (χ1v) is 5.56. The first-order valence-electron chi connectivity index (χ1n) is 5.56. The summed E-state index contributed by atoms with van der Waals surface area (Å²) in [6, 6.07) is 4.33. The highest BCUT2D eigenvalue weighted by Gasteiger charge is 2.24. The van der Waals surface area contributed by atoms with Gasteiger partial charge in [-0.25, -0.2) is 8.78 Å². The molecule has 1 aromatic carbocycles. The van der Waals surface area contributed by atoms with Gasteiger partial charge in [-0.3, -0.25) is 4.98 Å². The van der Waals surface area contributed by atoms with Crippen molar-refractivity contribution in [3.63, 3.8) is 0 Å². The number of aromatic nitrogens is 1. The third kappa shape index (κ3) is 2.02. The van der Waals surface area contributed by atoms with Crippen LogP contribution in [0.2, 0.25) is 0 Å². The predicted molar refractivity (Wildman–Crippen MR) is 65.1 cm³/mol. The molecule has 0 saturated heterocycles. The van der Waals surface area contributed by atoms with Gasteiger partial charge >= 0.3 is 0 Å². The second-order valence-electron chi connectivity index (χ2n) is 5.31. The largest absolute Gasteiger partial charge is 0.253 e. The molecule has 0 aliphatic carbocycles. The van der Waals surface area contributed by atoms with E-state index in [1.165, 1.54) is 0 Å². The molecule has 3 heteroatoms. The lowest BCUT2D eigenvalue weighted by molar-refractivity contribution is 0.518. The molecule has 0 fully saturated rings. The third-order valence-corrected chi connectivity index (χ3v) is 2.77. The van der Waals surface area contributed by atoms with Gasteiger partial charge in [-0.05, 0) is 24.5 Å². The molecule has 0 saturated carbocycles. The Balaban J connectivity index is 2.95. The normalized spacial score (nSPS) is 12.1. The Morgan fingerprint density at radius 1 is 1.06 bits per heavy atom. The fourth-order valence-electron chi connectivity index (χ4n) is 2.03. The number of halogens is 2. The van der Waals surface area contributed by atoms with E-state index in [-0.39, 0.29) is 0 Å². The highest BCUT2D eigenvalue weighted by atomic mass is 19.1. The molecule has 0 bridgehead atoms. The summed E-state index contributed by atoms with van der Waals surface area (Å²) in [5.74, 6) is -1.08. The minimum absolute atomic E-state index is 0.377. The van der Waals surface area contributed by atoms with Crippen molar-refractivity contribution >= 4 is 10.9 Å². The van der Waals surface area contributed by atoms with Gasteiger partial charge in [0.25, 0.3) is 0 Å². The van der Waals surface area contributed by atoms with Crippen LogP contribution in [0, 0.1) is 18.6 Å². The van der Waals surface area contributed by atoms with Crippen LogP contribution >= 0.6 is 0 Å². The SMILES string of the molecule is Cc1ccc2c(F)cc(F)c(C(C)(C)C)c2n1. The zero-order chi connectivity index (χ0) is 12.8. The molecule has 17 heavy (non-hydrogen) atoms. The van der Waals surface area contributed by atoms with Crippen LogP contribution in [0.4, 0.5) is 8.78 Å². The van der Waals surface area contributed by atoms with E-state index in [9.17, 15) is 8.78 Å². The number of fused-ring (bicyclic) bond motifs is 1. The van der Waals surface area contributed by atoms with E-state index in [1.807, 2.05) is 27.7 Å². The lowest BCUT2D eigenvalue weighted by Gasteiger charge is -2.21. The lowest BCUT2D eigenvalue weighted by Crippen LogP contribution is -2.15. The van der Waals surface area contributed by atoms with E-state index in [0.717, 1.165) is 11.8 Å². The van der Waals surface area contributed by atoms with Crippen LogP contribution in [0.1, 0.15) is 32.0 Å². The number of pyridine rings is 1. The number of aryl methyl sites for hydroxylation is 1. The average molecular weight is 235 g/mol. The fourth-order valence-corrected chi connectivity index (χ4v) is 2.03. The molecule has 0 unspecified atom stereocenters. The predicted octanol–water partition coefficient (Wildman–Crippen LogP) is 4.12. The Morgan fingerprint density at radius 2 is 1.71 bits per heavy atom. The van der Waals surface area contributed by atoms with Crippen molar-refractivity contribution in [1.82, 2.24) is 4.98 Å². The molecule has 0 aliphatic rings. The van der Waals surface area contributed by atoms with E-state index in [1.54, 1.807) is 12.1 Å². The zero-order valence-corrected chi connectivity index (χ0v) is 10.4. The maximum atomic E-state index is 13.9. The topological polar surface area (TPSA) is 12.9 Å². The summed E-state index contributed by atoms with van der Waals surface area (Å²) in [7, 11) is 0. The Bertz CT molecular complexity index is 583. The van der Waals surface area contributed by atoms with Crippen molar-refractivity contribution in [2.45, 2.75) is 33.1 Å². The van der Waals surface area contributed by atoms with Gasteiger partial charge in [-0.15, -0.1) is 0 Å². The average Bonchev–Trinajstić information content (AvgIpc) is 2.14. The minimum Gasteiger partial charge on any atom is -0.253 e. The van der Waals surface area contributed by atoms with Crippen LogP contribution < -0.4 is 0 Å². The third-order valence-electron chi connectivity index (χ3n) is 2.77. The van der Waals surface area contributed by atoms with Crippen molar-refractivity contribution < 1.29 is 8.78 Å².